The lowest BCUT2D eigenvalue weighted by Gasteiger charge is -2.11. The summed E-state index contributed by atoms with van der Waals surface area (Å²) in [5, 5.41) is 9.69. The van der Waals surface area contributed by atoms with Crippen LogP contribution < -0.4 is 4.74 Å². The molecule has 1 N–H and O–H groups in total. The molecule has 0 radical (unpaired) electrons. The molecule has 0 saturated carbocycles. The highest BCUT2D eigenvalue weighted by Crippen LogP contribution is 2.27. The fraction of sp³-hybridized carbons (Fsp3) is 0.167. The second-order valence-corrected chi connectivity index (χ2v) is 5.44. The van der Waals surface area contributed by atoms with Gasteiger partial charge in [0.15, 0.2) is 5.78 Å². The zero-order valence-corrected chi connectivity index (χ0v) is 13.6. The number of halogens is 4. The van der Waals surface area contributed by atoms with Crippen LogP contribution >= 0.6 is 11.6 Å². The SMILES string of the molecule is O=C(C=Cc1ccccc1OC(F)(F)F)c1ccc(O)c(CCCl)c1. The van der Waals surface area contributed by atoms with Crippen molar-refractivity contribution in [1.29, 1.82) is 0 Å². The van der Waals surface area contributed by atoms with Gasteiger partial charge in [-0.25, -0.2) is 0 Å². The minimum absolute atomic E-state index is 0.0325. The van der Waals surface area contributed by atoms with Gasteiger partial charge in [-0.15, -0.1) is 24.8 Å². The van der Waals surface area contributed by atoms with Gasteiger partial charge in [-0.1, -0.05) is 18.2 Å². The Hall–Kier alpha value is -2.47. The van der Waals surface area contributed by atoms with Crippen LogP contribution in [-0.2, 0) is 6.42 Å². The monoisotopic (exact) mass is 370 g/mol. The Kier molecular flexibility index (Phi) is 6.09. The number of allylic oxidation sites excluding steroid dienone is 1. The number of phenols is 1. The standard InChI is InChI=1S/C18H14ClF3O3/c19-10-9-14-11-13(6-8-16(14)24)15(23)7-5-12-3-1-2-4-17(12)25-18(20,21)22/h1-8,11,24H,9-10H2. The smallest absolute Gasteiger partial charge is 0.508 e. The number of carbonyl (C=O) groups is 1. The number of ether oxygens (including phenoxy) is 1. The lowest BCUT2D eigenvalue weighted by Crippen LogP contribution is -2.17. The average molecular weight is 371 g/mol. The second-order valence-electron chi connectivity index (χ2n) is 5.07. The predicted octanol–water partition coefficient (Wildman–Crippen LogP) is 4.97. The molecule has 25 heavy (non-hydrogen) atoms. The van der Waals surface area contributed by atoms with Gasteiger partial charge in [-0.3, -0.25) is 4.79 Å². The van der Waals surface area contributed by atoms with E-state index < -0.39 is 17.9 Å². The molecule has 0 aliphatic heterocycles. The summed E-state index contributed by atoms with van der Waals surface area (Å²) in [6, 6.07) is 9.81. The Morgan fingerprint density at radius 2 is 1.92 bits per heavy atom. The second kappa shape index (κ2) is 8.07. The van der Waals surface area contributed by atoms with E-state index in [1.54, 1.807) is 0 Å². The van der Waals surface area contributed by atoms with E-state index in [9.17, 15) is 23.1 Å². The van der Waals surface area contributed by atoms with Gasteiger partial charge in [0.1, 0.15) is 11.5 Å². The lowest BCUT2D eigenvalue weighted by atomic mass is 10.0. The van der Waals surface area contributed by atoms with Crippen LogP contribution in [0, 0.1) is 0 Å². The molecule has 2 rings (SSSR count). The summed E-state index contributed by atoms with van der Waals surface area (Å²) in [6.07, 6.45) is -2.03. The number of aryl methyl sites for hydroxylation is 1. The number of para-hydroxylation sites is 1. The van der Waals surface area contributed by atoms with Gasteiger partial charge in [-0.2, -0.15) is 0 Å². The van der Waals surface area contributed by atoms with E-state index in [4.69, 9.17) is 11.6 Å². The van der Waals surface area contributed by atoms with Crippen molar-refractivity contribution in [1.82, 2.24) is 0 Å². The van der Waals surface area contributed by atoms with Crippen molar-refractivity contribution < 1.29 is 27.8 Å². The van der Waals surface area contributed by atoms with Gasteiger partial charge < -0.3 is 9.84 Å². The van der Waals surface area contributed by atoms with Crippen LogP contribution in [0.4, 0.5) is 13.2 Å². The molecule has 3 nitrogen and oxygen atoms in total. The molecule has 0 saturated heterocycles. The number of hydrogen-bond acceptors (Lipinski definition) is 3. The van der Waals surface area contributed by atoms with Crippen LogP contribution in [0.3, 0.4) is 0 Å². The molecular formula is C18H14ClF3O3. The van der Waals surface area contributed by atoms with Crippen LogP contribution in [0.25, 0.3) is 6.08 Å². The summed E-state index contributed by atoms with van der Waals surface area (Å²) < 4.78 is 41.1. The van der Waals surface area contributed by atoms with E-state index in [1.165, 1.54) is 42.5 Å². The molecule has 0 atom stereocenters. The third-order valence-electron chi connectivity index (χ3n) is 3.29. The van der Waals surface area contributed by atoms with Gasteiger partial charge in [-0.05, 0) is 48.4 Å². The van der Waals surface area contributed by atoms with Crippen molar-refractivity contribution >= 4 is 23.5 Å². The number of phenolic OH excluding ortho intramolecular Hbond substituents is 1. The third-order valence-corrected chi connectivity index (χ3v) is 3.48. The van der Waals surface area contributed by atoms with Crippen LogP contribution in [-0.4, -0.2) is 23.1 Å². The van der Waals surface area contributed by atoms with Crippen molar-refractivity contribution in [3.8, 4) is 11.5 Å². The molecule has 0 heterocycles. The van der Waals surface area contributed by atoms with Gasteiger partial charge in [0, 0.05) is 17.0 Å². The zero-order valence-electron chi connectivity index (χ0n) is 12.9. The van der Waals surface area contributed by atoms with Crippen LogP contribution in [0.1, 0.15) is 21.5 Å². The van der Waals surface area contributed by atoms with E-state index in [0.29, 0.717) is 17.5 Å². The Morgan fingerprint density at radius 1 is 1.20 bits per heavy atom. The summed E-state index contributed by atoms with van der Waals surface area (Å²) >= 11 is 5.64. The van der Waals surface area contributed by atoms with Crippen molar-refractivity contribution in [2.75, 3.05) is 5.88 Å². The fourth-order valence-electron chi connectivity index (χ4n) is 2.14. The van der Waals surface area contributed by atoms with Crippen molar-refractivity contribution in [3.05, 3.63) is 65.2 Å². The Bertz CT molecular complexity index is 785. The molecule has 0 spiro atoms. The van der Waals surface area contributed by atoms with Crippen molar-refractivity contribution in [2.24, 2.45) is 0 Å². The van der Waals surface area contributed by atoms with E-state index in [1.807, 2.05) is 0 Å². The summed E-state index contributed by atoms with van der Waals surface area (Å²) in [7, 11) is 0. The van der Waals surface area contributed by atoms with Crippen molar-refractivity contribution in [2.45, 2.75) is 12.8 Å². The van der Waals surface area contributed by atoms with E-state index in [2.05, 4.69) is 4.74 Å². The first kappa shape index (κ1) is 18.9. The number of aromatic hydroxyl groups is 1. The molecule has 0 amide bonds. The minimum Gasteiger partial charge on any atom is -0.508 e. The maximum absolute atomic E-state index is 12.4. The number of rotatable bonds is 6. The molecule has 2 aromatic rings. The summed E-state index contributed by atoms with van der Waals surface area (Å²) in [5.41, 5.74) is 0.936. The lowest BCUT2D eigenvalue weighted by molar-refractivity contribution is -0.274. The first-order valence-electron chi connectivity index (χ1n) is 7.25. The summed E-state index contributed by atoms with van der Waals surface area (Å²) in [4.78, 5) is 12.2. The third kappa shape index (κ3) is 5.53. The number of benzene rings is 2. The predicted molar refractivity (Wildman–Crippen MR) is 89.0 cm³/mol. The normalized spacial score (nSPS) is 11.7. The highest BCUT2D eigenvalue weighted by Gasteiger charge is 2.31. The Morgan fingerprint density at radius 3 is 2.60 bits per heavy atom. The molecule has 0 aromatic heterocycles. The Labute approximate surface area is 147 Å². The summed E-state index contributed by atoms with van der Waals surface area (Å²) in [6.45, 7) is 0. The van der Waals surface area contributed by atoms with Gasteiger partial charge in [0.05, 0.1) is 0 Å². The average Bonchev–Trinajstić information content (AvgIpc) is 2.54. The molecule has 132 valence electrons. The molecule has 0 aliphatic rings. The molecule has 0 fully saturated rings. The molecule has 7 heteroatoms. The number of hydrogen-bond donors (Lipinski definition) is 1. The molecular weight excluding hydrogens is 357 g/mol. The topological polar surface area (TPSA) is 46.5 Å². The molecule has 0 aliphatic carbocycles. The summed E-state index contributed by atoms with van der Waals surface area (Å²) in [5.74, 6) is -0.501. The maximum Gasteiger partial charge on any atom is 0.573 e. The molecule has 0 unspecified atom stereocenters. The zero-order chi connectivity index (χ0) is 18.4. The Balaban J connectivity index is 2.22. The van der Waals surface area contributed by atoms with Crippen LogP contribution in [0.2, 0.25) is 0 Å². The number of ketones is 1. The first-order valence-corrected chi connectivity index (χ1v) is 7.78. The molecule has 0 bridgehead atoms. The quantitative estimate of drug-likeness (QED) is 0.443. The van der Waals surface area contributed by atoms with E-state index >= 15 is 0 Å². The highest BCUT2D eigenvalue weighted by atomic mass is 35.5. The molecule has 2 aromatic carbocycles. The van der Waals surface area contributed by atoms with E-state index in [0.717, 1.165) is 12.1 Å². The van der Waals surface area contributed by atoms with Gasteiger partial charge in [0.2, 0.25) is 0 Å². The number of alkyl halides is 4. The van der Waals surface area contributed by atoms with Crippen LogP contribution in [0.15, 0.2) is 48.5 Å². The maximum atomic E-state index is 12.4. The minimum atomic E-state index is -4.82. The van der Waals surface area contributed by atoms with Crippen molar-refractivity contribution in [3.63, 3.8) is 0 Å². The van der Waals surface area contributed by atoms with Crippen LogP contribution in [0.5, 0.6) is 11.5 Å². The van der Waals surface area contributed by atoms with Gasteiger partial charge in [0.25, 0.3) is 0 Å². The first-order chi connectivity index (χ1) is 11.8. The van der Waals surface area contributed by atoms with Gasteiger partial charge >= 0.3 is 6.36 Å². The highest BCUT2D eigenvalue weighted by molar-refractivity contribution is 6.18. The number of carbonyl (C=O) groups excluding carboxylic acids is 1. The van der Waals surface area contributed by atoms with E-state index in [-0.39, 0.29) is 17.2 Å². The fourth-order valence-corrected chi connectivity index (χ4v) is 2.34. The largest absolute Gasteiger partial charge is 0.573 e.